The van der Waals surface area contributed by atoms with Crippen LogP contribution in [0.5, 0.6) is 5.75 Å². The fourth-order valence-corrected chi connectivity index (χ4v) is 6.01. The maximum absolute atomic E-state index is 14.2. The number of amides is 2. The fourth-order valence-electron chi connectivity index (χ4n) is 4.33. The second kappa shape index (κ2) is 15.3. The van der Waals surface area contributed by atoms with E-state index >= 15 is 0 Å². The van der Waals surface area contributed by atoms with Crippen molar-refractivity contribution in [1.82, 2.24) is 10.2 Å². The van der Waals surface area contributed by atoms with Crippen LogP contribution in [0.3, 0.4) is 0 Å². The van der Waals surface area contributed by atoms with Gasteiger partial charge < -0.3 is 15.0 Å². The number of ether oxygens (including phenoxy) is 1. The predicted molar refractivity (Wildman–Crippen MR) is 168 cm³/mol. The Morgan fingerprint density at radius 1 is 0.881 bits per heavy atom. The smallest absolute Gasteiger partial charge is 0.264 e. The van der Waals surface area contributed by atoms with Crippen molar-refractivity contribution in [2.45, 2.75) is 64.1 Å². The van der Waals surface area contributed by atoms with Crippen LogP contribution in [0, 0.1) is 0 Å². The Labute approximate surface area is 258 Å². The van der Waals surface area contributed by atoms with Gasteiger partial charge in [0.05, 0.1) is 17.2 Å². The Bertz CT molecular complexity index is 1450. The molecule has 42 heavy (non-hydrogen) atoms. The molecule has 226 valence electrons. The van der Waals surface area contributed by atoms with Gasteiger partial charge in [0.15, 0.2) is 0 Å². The third-order valence-electron chi connectivity index (χ3n) is 6.77. The third-order valence-corrected chi connectivity index (χ3v) is 9.05. The molecule has 2 unspecified atom stereocenters. The number of nitrogens with one attached hydrogen (secondary N) is 1. The van der Waals surface area contributed by atoms with Crippen LogP contribution in [0.4, 0.5) is 5.69 Å². The normalized spacial score (nSPS) is 12.7. The van der Waals surface area contributed by atoms with Gasteiger partial charge in [-0.25, -0.2) is 8.42 Å². The van der Waals surface area contributed by atoms with Crippen molar-refractivity contribution in [3.05, 3.63) is 88.4 Å². The summed E-state index contributed by atoms with van der Waals surface area (Å²) in [6, 6.07) is 18.4. The molecule has 0 aromatic heterocycles. The zero-order valence-electron chi connectivity index (χ0n) is 24.2. The number of halogens is 2. The molecule has 2 amide bonds. The molecule has 0 saturated carbocycles. The van der Waals surface area contributed by atoms with Gasteiger partial charge in [0.25, 0.3) is 10.0 Å². The van der Waals surface area contributed by atoms with E-state index in [0.29, 0.717) is 28.6 Å². The lowest BCUT2D eigenvalue weighted by atomic mass is 10.1. The molecule has 1 N–H and O–H groups in total. The maximum atomic E-state index is 14.2. The first-order chi connectivity index (χ1) is 20.0. The summed E-state index contributed by atoms with van der Waals surface area (Å²) in [4.78, 5) is 29.0. The summed E-state index contributed by atoms with van der Waals surface area (Å²) in [5.41, 5.74) is 0.940. The fraction of sp³-hybridized carbons (Fsp3) is 0.355. The molecule has 3 aromatic carbocycles. The second-order valence-electron chi connectivity index (χ2n) is 9.76. The third kappa shape index (κ3) is 8.40. The monoisotopic (exact) mass is 633 g/mol. The lowest BCUT2D eigenvalue weighted by molar-refractivity contribution is -0.140. The van der Waals surface area contributed by atoms with E-state index in [9.17, 15) is 18.0 Å². The molecule has 3 rings (SSSR count). The van der Waals surface area contributed by atoms with Crippen LogP contribution in [-0.2, 0) is 26.2 Å². The Morgan fingerprint density at radius 2 is 1.48 bits per heavy atom. The van der Waals surface area contributed by atoms with Gasteiger partial charge in [0.2, 0.25) is 11.8 Å². The highest BCUT2D eigenvalue weighted by atomic mass is 35.5. The molecule has 3 aromatic rings. The topological polar surface area (TPSA) is 96.0 Å². The van der Waals surface area contributed by atoms with Gasteiger partial charge in [-0.2, -0.15) is 0 Å². The molecule has 0 aliphatic rings. The van der Waals surface area contributed by atoms with Gasteiger partial charge in [-0.15, -0.1) is 0 Å². The molecular weight excluding hydrogens is 597 g/mol. The van der Waals surface area contributed by atoms with Gasteiger partial charge in [-0.3, -0.25) is 13.9 Å². The summed E-state index contributed by atoms with van der Waals surface area (Å²) in [5.74, 6) is -0.563. The summed E-state index contributed by atoms with van der Waals surface area (Å²) >= 11 is 12.1. The molecule has 11 heteroatoms. The average molecular weight is 635 g/mol. The van der Waals surface area contributed by atoms with E-state index in [0.717, 1.165) is 9.87 Å². The minimum Gasteiger partial charge on any atom is -0.492 e. The van der Waals surface area contributed by atoms with Crippen molar-refractivity contribution < 1.29 is 22.7 Å². The van der Waals surface area contributed by atoms with Gasteiger partial charge >= 0.3 is 0 Å². The lowest BCUT2D eigenvalue weighted by Gasteiger charge is -2.34. The van der Waals surface area contributed by atoms with E-state index in [-0.39, 0.29) is 35.7 Å². The highest BCUT2D eigenvalue weighted by Gasteiger charge is 2.35. The molecule has 0 aliphatic carbocycles. The van der Waals surface area contributed by atoms with Crippen molar-refractivity contribution in [3.8, 4) is 5.75 Å². The number of hydrogen-bond donors (Lipinski definition) is 1. The SMILES string of the molecule is CCOc1ccccc1N(CC(=O)N(Cc1ccc(Cl)cc1)C(CC)C(=O)NC(C)CC)S(=O)(=O)c1ccc(Cl)cc1. The van der Waals surface area contributed by atoms with Crippen LogP contribution >= 0.6 is 23.2 Å². The van der Waals surface area contributed by atoms with E-state index in [1.807, 2.05) is 20.8 Å². The number of carbonyl (C=O) groups is 2. The molecule has 0 aliphatic heterocycles. The second-order valence-corrected chi connectivity index (χ2v) is 12.5. The van der Waals surface area contributed by atoms with Crippen molar-refractivity contribution in [1.29, 1.82) is 0 Å². The molecule has 0 saturated heterocycles. The van der Waals surface area contributed by atoms with Gasteiger partial charge in [0.1, 0.15) is 18.3 Å². The van der Waals surface area contributed by atoms with Crippen LogP contribution in [0.2, 0.25) is 10.0 Å². The molecule has 0 spiro atoms. The number of anilines is 1. The van der Waals surface area contributed by atoms with Crippen LogP contribution < -0.4 is 14.4 Å². The number of benzene rings is 3. The number of sulfonamides is 1. The van der Waals surface area contributed by atoms with Crippen LogP contribution in [0.1, 0.15) is 46.1 Å². The first-order valence-electron chi connectivity index (χ1n) is 13.9. The average Bonchev–Trinajstić information content (AvgIpc) is 2.97. The molecule has 2 atom stereocenters. The Kier molecular flexibility index (Phi) is 12.1. The van der Waals surface area contributed by atoms with Crippen LogP contribution in [0.25, 0.3) is 0 Å². The highest BCUT2D eigenvalue weighted by Crippen LogP contribution is 2.33. The molecule has 8 nitrogen and oxygen atoms in total. The number of hydrogen-bond acceptors (Lipinski definition) is 5. The number of para-hydroxylation sites is 2. The van der Waals surface area contributed by atoms with Gasteiger partial charge in [-0.1, -0.05) is 61.3 Å². The highest BCUT2D eigenvalue weighted by molar-refractivity contribution is 7.92. The molecule has 0 bridgehead atoms. The summed E-state index contributed by atoms with van der Waals surface area (Å²) in [6.45, 7) is 7.24. The quantitative estimate of drug-likeness (QED) is 0.224. The zero-order valence-corrected chi connectivity index (χ0v) is 26.5. The minimum atomic E-state index is -4.27. The largest absolute Gasteiger partial charge is 0.492 e. The summed E-state index contributed by atoms with van der Waals surface area (Å²) in [6.07, 6.45) is 1.04. The van der Waals surface area contributed by atoms with Gasteiger partial charge in [0, 0.05) is 22.6 Å². The number of rotatable bonds is 14. The zero-order chi connectivity index (χ0) is 30.9. The van der Waals surface area contributed by atoms with E-state index in [2.05, 4.69) is 5.32 Å². The van der Waals surface area contributed by atoms with Crippen molar-refractivity contribution in [2.24, 2.45) is 0 Å². The van der Waals surface area contributed by atoms with Gasteiger partial charge in [-0.05, 0) is 80.8 Å². The Morgan fingerprint density at radius 3 is 2.05 bits per heavy atom. The lowest BCUT2D eigenvalue weighted by Crippen LogP contribution is -2.53. The first-order valence-corrected chi connectivity index (χ1v) is 16.1. The van der Waals surface area contributed by atoms with E-state index in [1.54, 1.807) is 55.5 Å². The minimum absolute atomic E-state index is 0.0446. The summed E-state index contributed by atoms with van der Waals surface area (Å²) < 4.78 is 34.9. The van der Waals surface area contributed by atoms with Crippen LogP contribution in [0.15, 0.2) is 77.7 Å². The van der Waals surface area contributed by atoms with Crippen molar-refractivity contribution >= 4 is 50.7 Å². The maximum Gasteiger partial charge on any atom is 0.264 e. The number of carbonyl (C=O) groups excluding carboxylic acids is 2. The van der Waals surface area contributed by atoms with Crippen molar-refractivity contribution in [3.63, 3.8) is 0 Å². The van der Waals surface area contributed by atoms with E-state index in [1.165, 1.54) is 29.2 Å². The predicted octanol–water partition coefficient (Wildman–Crippen LogP) is 6.31. The molecule has 0 radical (unpaired) electrons. The van der Waals surface area contributed by atoms with Crippen molar-refractivity contribution in [2.75, 3.05) is 17.5 Å². The van der Waals surface area contributed by atoms with Crippen LogP contribution in [-0.4, -0.2) is 50.4 Å². The number of nitrogens with zero attached hydrogens (tertiary/aromatic N) is 2. The first kappa shape index (κ1) is 33.2. The summed E-state index contributed by atoms with van der Waals surface area (Å²) in [5, 5.41) is 3.87. The Hall–Kier alpha value is -3.27. The molecular formula is C31H37Cl2N3O5S. The van der Waals surface area contributed by atoms with E-state index < -0.39 is 28.5 Å². The van der Waals surface area contributed by atoms with E-state index in [4.69, 9.17) is 27.9 Å². The molecule has 0 fully saturated rings. The molecule has 0 heterocycles. The standard InChI is InChI=1S/C31H37Cl2N3O5S/c1-5-22(4)34-31(38)27(6-2)35(20-23-12-14-24(32)15-13-23)30(37)21-36(28-10-8-9-11-29(28)41-7-3)42(39,40)26-18-16-25(33)17-19-26/h8-19,22,27H,5-7,20-21H2,1-4H3,(H,34,38). The summed E-state index contributed by atoms with van der Waals surface area (Å²) in [7, 11) is -4.27. The Balaban J connectivity index is 2.10.